The topological polar surface area (TPSA) is 67.6 Å². The van der Waals surface area contributed by atoms with Crippen molar-refractivity contribution in [2.75, 3.05) is 19.8 Å². The molecule has 1 N–H and O–H groups in total. The number of carbonyl (C=O) groups is 1. The van der Waals surface area contributed by atoms with Gasteiger partial charge < -0.3 is 9.84 Å². The Hall–Kier alpha value is -2.25. The fourth-order valence-corrected chi connectivity index (χ4v) is 3.21. The molecule has 7 heteroatoms. The highest BCUT2D eigenvalue weighted by Gasteiger charge is 2.28. The van der Waals surface area contributed by atoms with Crippen molar-refractivity contribution in [3.63, 3.8) is 0 Å². The van der Waals surface area contributed by atoms with Crippen molar-refractivity contribution in [3.8, 4) is 5.69 Å². The lowest BCUT2D eigenvalue weighted by Crippen LogP contribution is -2.33. The number of benzene rings is 1. The van der Waals surface area contributed by atoms with Gasteiger partial charge in [0, 0.05) is 12.6 Å². The van der Waals surface area contributed by atoms with Crippen LogP contribution >= 0.6 is 0 Å². The van der Waals surface area contributed by atoms with Gasteiger partial charge in [0.25, 0.3) is 0 Å². The number of likely N-dealkylation sites (tertiary alicyclic amines) is 1. The van der Waals surface area contributed by atoms with E-state index in [4.69, 9.17) is 4.74 Å². The van der Waals surface area contributed by atoms with Crippen LogP contribution < -0.4 is 0 Å². The molecule has 3 rings (SSSR count). The van der Waals surface area contributed by atoms with Crippen LogP contribution in [0.3, 0.4) is 0 Å². The summed E-state index contributed by atoms with van der Waals surface area (Å²) < 4.78 is 20.0. The summed E-state index contributed by atoms with van der Waals surface area (Å²) in [6.45, 7) is 3.44. The fourth-order valence-electron chi connectivity index (χ4n) is 3.21. The summed E-state index contributed by atoms with van der Waals surface area (Å²) in [4.78, 5) is 14.4. The Morgan fingerprint density at radius 2 is 2.16 bits per heavy atom. The Morgan fingerprint density at radius 3 is 2.84 bits per heavy atom. The summed E-state index contributed by atoms with van der Waals surface area (Å²) in [5.41, 5.74) is 1.76. The van der Waals surface area contributed by atoms with E-state index in [0.717, 1.165) is 19.4 Å². The van der Waals surface area contributed by atoms with E-state index in [1.165, 1.54) is 18.3 Å². The van der Waals surface area contributed by atoms with Crippen molar-refractivity contribution in [1.82, 2.24) is 14.7 Å². The van der Waals surface area contributed by atoms with Crippen LogP contribution in [0.15, 0.2) is 30.5 Å². The third-order valence-corrected chi connectivity index (χ3v) is 4.50. The maximum Gasteiger partial charge on any atom is 0.341 e. The number of rotatable bonds is 6. The molecule has 1 fully saturated rings. The number of aromatic nitrogens is 2. The van der Waals surface area contributed by atoms with E-state index in [1.54, 1.807) is 23.7 Å². The molecule has 2 aromatic rings. The average molecular weight is 347 g/mol. The zero-order valence-corrected chi connectivity index (χ0v) is 14.2. The second-order valence-corrected chi connectivity index (χ2v) is 6.06. The first kappa shape index (κ1) is 17.6. The smallest absolute Gasteiger partial charge is 0.341 e. The van der Waals surface area contributed by atoms with Crippen molar-refractivity contribution in [2.45, 2.75) is 32.4 Å². The SMILES string of the molecule is CCOC(=O)c1cnn(-c2ccc(F)cc2)c1CN1CCC[C@H]1CO. The summed E-state index contributed by atoms with van der Waals surface area (Å²) in [5.74, 6) is -0.756. The molecule has 0 radical (unpaired) electrons. The van der Waals surface area contributed by atoms with Crippen molar-refractivity contribution < 1.29 is 19.0 Å². The first-order valence-electron chi connectivity index (χ1n) is 8.49. The normalized spacial score (nSPS) is 17.8. The number of ether oxygens (including phenoxy) is 1. The van der Waals surface area contributed by atoms with Gasteiger partial charge in [-0.1, -0.05) is 0 Å². The number of aliphatic hydroxyl groups excluding tert-OH is 1. The van der Waals surface area contributed by atoms with Gasteiger partial charge in [0.1, 0.15) is 11.4 Å². The number of halogens is 1. The molecule has 0 unspecified atom stereocenters. The molecule has 1 atom stereocenters. The largest absolute Gasteiger partial charge is 0.462 e. The van der Waals surface area contributed by atoms with Crippen LogP contribution in [0.25, 0.3) is 5.69 Å². The molecule has 6 nitrogen and oxygen atoms in total. The van der Waals surface area contributed by atoms with Crippen LogP contribution in [-0.4, -0.2) is 51.6 Å². The molecule has 25 heavy (non-hydrogen) atoms. The lowest BCUT2D eigenvalue weighted by Gasteiger charge is -2.23. The maximum atomic E-state index is 13.2. The van der Waals surface area contributed by atoms with Crippen LogP contribution in [-0.2, 0) is 11.3 Å². The van der Waals surface area contributed by atoms with Gasteiger partial charge in [-0.2, -0.15) is 5.10 Å². The number of esters is 1. The van der Waals surface area contributed by atoms with Crippen molar-refractivity contribution in [2.24, 2.45) is 0 Å². The second kappa shape index (κ2) is 7.76. The Labute approximate surface area is 145 Å². The van der Waals surface area contributed by atoms with Crippen LogP contribution in [0.1, 0.15) is 35.8 Å². The van der Waals surface area contributed by atoms with Crippen LogP contribution in [0.2, 0.25) is 0 Å². The standard InChI is InChI=1S/C18H22FN3O3/c1-2-25-18(24)16-10-20-22(14-7-5-13(19)6-8-14)17(16)11-21-9-3-4-15(21)12-23/h5-8,10,15,23H,2-4,9,11-12H2,1H3/t15-/m0/s1. The van der Waals surface area contributed by atoms with Gasteiger partial charge in [-0.05, 0) is 50.6 Å². The molecular weight excluding hydrogens is 325 g/mol. The van der Waals surface area contributed by atoms with Crippen molar-refractivity contribution in [3.05, 3.63) is 47.5 Å². The molecule has 0 saturated carbocycles. The van der Waals surface area contributed by atoms with Crippen LogP contribution in [0.4, 0.5) is 4.39 Å². The van der Waals surface area contributed by atoms with Crippen molar-refractivity contribution in [1.29, 1.82) is 0 Å². The summed E-state index contributed by atoms with van der Waals surface area (Å²) in [6.07, 6.45) is 3.42. The number of aliphatic hydroxyl groups is 1. The molecule has 1 aromatic carbocycles. The summed E-state index contributed by atoms with van der Waals surface area (Å²) >= 11 is 0. The number of hydrogen-bond acceptors (Lipinski definition) is 5. The molecule has 1 aliphatic heterocycles. The zero-order chi connectivity index (χ0) is 17.8. The zero-order valence-electron chi connectivity index (χ0n) is 14.2. The highest BCUT2D eigenvalue weighted by Crippen LogP contribution is 2.24. The van der Waals surface area contributed by atoms with E-state index in [9.17, 15) is 14.3 Å². The van der Waals surface area contributed by atoms with E-state index < -0.39 is 5.97 Å². The highest BCUT2D eigenvalue weighted by molar-refractivity contribution is 5.90. The minimum absolute atomic E-state index is 0.0756. The van der Waals surface area contributed by atoms with E-state index in [0.29, 0.717) is 23.5 Å². The molecule has 0 bridgehead atoms. The Kier molecular flexibility index (Phi) is 5.45. The molecule has 2 heterocycles. The summed E-state index contributed by atoms with van der Waals surface area (Å²) in [5, 5.41) is 13.9. The monoisotopic (exact) mass is 347 g/mol. The number of carbonyl (C=O) groups excluding carboxylic acids is 1. The molecule has 1 aliphatic rings. The maximum absolute atomic E-state index is 13.2. The first-order chi connectivity index (χ1) is 12.1. The average Bonchev–Trinajstić information content (AvgIpc) is 3.23. The first-order valence-corrected chi connectivity index (χ1v) is 8.49. The summed E-state index contributed by atoms with van der Waals surface area (Å²) in [7, 11) is 0. The quantitative estimate of drug-likeness (QED) is 0.811. The third kappa shape index (κ3) is 3.72. The van der Waals surface area contributed by atoms with Crippen LogP contribution in [0, 0.1) is 5.82 Å². The summed E-state index contributed by atoms with van der Waals surface area (Å²) in [6, 6.07) is 6.03. The predicted molar refractivity (Wildman–Crippen MR) is 90.0 cm³/mol. The minimum atomic E-state index is -0.425. The van der Waals surface area contributed by atoms with Crippen LogP contribution in [0.5, 0.6) is 0 Å². The predicted octanol–water partition coefficient (Wildman–Crippen LogP) is 2.14. The van der Waals surface area contributed by atoms with Gasteiger partial charge in [0.15, 0.2) is 0 Å². The van der Waals surface area contributed by atoms with Gasteiger partial charge in [-0.3, -0.25) is 4.90 Å². The van der Waals surface area contributed by atoms with Gasteiger partial charge in [0.05, 0.1) is 30.8 Å². The van der Waals surface area contributed by atoms with E-state index in [1.807, 2.05) is 0 Å². The number of nitrogens with zero attached hydrogens (tertiary/aromatic N) is 3. The lowest BCUT2D eigenvalue weighted by molar-refractivity contribution is 0.0523. The Balaban J connectivity index is 1.97. The number of hydrogen-bond donors (Lipinski definition) is 1. The molecule has 0 aliphatic carbocycles. The molecule has 1 saturated heterocycles. The highest BCUT2D eigenvalue weighted by atomic mass is 19.1. The Morgan fingerprint density at radius 1 is 1.40 bits per heavy atom. The van der Waals surface area contributed by atoms with Gasteiger partial charge in [-0.15, -0.1) is 0 Å². The van der Waals surface area contributed by atoms with Crippen molar-refractivity contribution >= 4 is 5.97 Å². The van der Waals surface area contributed by atoms with E-state index >= 15 is 0 Å². The van der Waals surface area contributed by atoms with Gasteiger partial charge in [-0.25, -0.2) is 13.9 Å². The molecule has 1 aromatic heterocycles. The lowest BCUT2D eigenvalue weighted by atomic mass is 10.2. The van der Waals surface area contributed by atoms with E-state index in [2.05, 4.69) is 10.00 Å². The van der Waals surface area contributed by atoms with E-state index in [-0.39, 0.29) is 25.1 Å². The van der Waals surface area contributed by atoms with Gasteiger partial charge >= 0.3 is 5.97 Å². The molecular formula is C18H22FN3O3. The molecule has 0 spiro atoms. The molecule has 134 valence electrons. The second-order valence-electron chi connectivity index (χ2n) is 6.06. The third-order valence-electron chi connectivity index (χ3n) is 4.50. The molecule has 0 amide bonds. The fraction of sp³-hybridized carbons (Fsp3) is 0.444. The Bertz CT molecular complexity index is 730. The van der Waals surface area contributed by atoms with Gasteiger partial charge in [0.2, 0.25) is 0 Å². The minimum Gasteiger partial charge on any atom is -0.462 e.